The highest BCUT2D eigenvalue weighted by molar-refractivity contribution is 14.1. The second-order valence-electron chi connectivity index (χ2n) is 4.41. The number of halogens is 1. The molecule has 1 fully saturated rings. The SMILES string of the molecule is CC(C)CN1CCC(COI)CC1. The minimum absolute atomic E-state index is 0.803. The van der Waals surface area contributed by atoms with Crippen LogP contribution in [0.4, 0.5) is 0 Å². The second-order valence-corrected chi connectivity index (χ2v) is 5.04. The molecular formula is C10H20INO. The van der Waals surface area contributed by atoms with Crippen molar-refractivity contribution in [3.05, 3.63) is 0 Å². The maximum Gasteiger partial charge on any atom is 0.109 e. The Balaban J connectivity index is 2.15. The van der Waals surface area contributed by atoms with Crippen molar-refractivity contribution in [3.63, 3.8) is 0 Å². The molecule has 0 aromatic heterocycles. The molecule has 2 nitrogen and oxygen atoms in total. The fraction of sp³-hybridized carbons (Fsp3) is 1.00. The van der Waals surface area contributed by atoms with E-state index >= 15 is 0 Å². The highest BCUT2D eigenvalue weighted by Gasteiger charge is 2.19. The summed E-state index contributed by atoms with van der Waals surface area (Å²) in [5.74, 6) is 1.61. The molecule has 1 rings (SSSR count). The second kappa shape index (κ2) is 6.19. The summed E-state index contributed by atoms with van der Waals surface area (Å²) in [6.45, 7) is 9.32. The molecule has 0 unspecified atom stereocenters. The maximum absolute atomic E-state index is 5.15. The van der Waals surface area contributed by atoms with Gasteiger partial charge in [0.05, 0.1) is 6.61 Å². The zero-order valence-electron chi connectivity index (χ0n) is 8.63. The van der Waals surface area contributed by atoms with E-state index in [0.29, 0.717) is 0 Å². The summed E-state index contributed by atoms with van der Waals surface area (Å²) >= 11 is 2.00. The summed E-state index contributed by atoms with van der Waals surface area (Å²) in [6, 6.07) is 0. The van der Waals surface area contributed by atoms with E-state index < -0.39 is 0 Å². The van der Waals surface area contributed by atoms with Gasteiger partial charge in [0.2, 0.25) is 0 Å². The Morgan fingerprint density at radius 1 is 1.38 bits per heavy atom. The van der Waals surface area contributed by atoms with Crippen LogP contribution in [0.5, 0.6) is 0 Å². The van der Waals surface area contributed by atoms with Crippen LogP contribution in [0.2, 0.25) is 0 Å². The number of rotatable bonds is 4. The van der Waals surface area contributed by atoms with Gasteiger partial charge in [-0.2, -0.15) is 0 Å². The van der Waals surface area contributed by atoms with E-state index in [1.807, 2.05) is 23.0 Å². The third-order valence-corrected chi connectivity index (χ3v) is 2.99. The monoisotopic (exact) mass is 297 g/mol. The molecule has 0 radical (unpaired) electrons. The molecule has 3 heteroatoms. The van der Waals surface area contributed by atoms with Gasteiger partial charge in [0.15, 0.2) is 0 Å². The number of likely N-dealkylation sites (tertiary alicyclic amines) is 1. The van der Waals surface area contributed by atoms with Crippen molar-refractivity contribution in [2.45, 2.75) is 26.7 Å². The molecule has 0 N–H and O–H groups in total. The molecule has 1 aliphatic rings. The number of nitrogens with zero attached hydrogens (tertiary/aromatic N) is 1. The van der Waals surface area contributed by atoms with E-state index in [1.165, 1.54) is 32.5 Å². The lowest BCUT2D eigenvalue weighted by atomic mass is 9.97. The van der Waals surface area contributed by atoms with E-state index in [-0.39, 0.29) is 0 Å². The zero-order chi connectivity index (χ0) is 9.68. The van der Waals surface area contributed by atoms with Gasteiger partial charge in [-0.25, -0.2) is 0 Å². The fourth-order valence-corrected chi connectivity index (χ4v) is 2.45. The summed E-state index contributed by atoms with van der Waals surface area (Å²) < 4.78 is 5.15. The van der Waals surface area contributed by atoms with Crippen molar-refractivity contribution in [1.82, 2.24) is 4.90 Å². The average Bonchev–Trinajstić information content (AvgIpc) is 2.08. The highest BCUT2D eigenvalue weighted by atomic mass is 127. The summed E-state index contributed by atoms with van der Waals surface area (Å²) in [6.07, 6.45) is 2.63. The van der Waals surface area contributed by atoms with Gasteiger partial charge in [-0.1, -0.05) is 13.8 Å². The van der Waals surface area contributed by atoms with Crippen LogP contribution in [-0.4, -0.2) is 31.1 Å². The lowest BCUT2D eigenvalue weighted by Gasteiger charge is -2.32. The molecule has 1 saturated heterocycles. The lowest BCUT2D eigenvalue weighted by molar-refractivity contribution is 0.146. The standard InChI is InChI=1S/C10H20INO/c1-9(2)7-12-5-3-10(4-6-12)8-13-11/h9-10H,3-8H2,1-2H3. The molecule has 0 amide bonds. The normalized spacial score (nSPS) is 21.2. The van der Waals surface area contributed by atoms with Gasteiger partial charge in [0, 0.05) is 6.54 Å². The fourth-order valence-electron chi connectivity index (χ4n) is 1.94. The van der Waals surface area contributed by atoms with E-state index in [0.717, 1.165) is 18.4 Å². The molecule has 0 bridgehead atoms. The highest BCUT2D eigenvalue weighted by Crippen LogP contribution is 2.18. The van der Waals surface area contributed by atoms with Crippen molar-refractivity contribution in [3.8, 4) is 0 Å². The summed E-state index contributed by atoms with van der Waals surface area (Å²) in [4.78, 5) is 2.58. The first kappa shape index (κ1) is 11.7. The smallest absolute Gasteiger partial charge is 0.109 e. The minimum Gasteiger partial charge on any atom is -0.316 e. The van der Waals surface area contributed by atoms with Crippen LogP contribution < -0.4 is 0 Å². The van der Waals surface area contributed by atoms with Crippen molar-refractivity contribution < 1.29 is 3.07 Å². The predicted molar refractivity (Wildman–Crippen MR) is 64.0 cm³/mol. The van der Waals surface area contributed by atoms with Gasteiger partial charge in [-0.05, 0) is 37.8 Å². The largest absolute Gasteiger partial charge is 0.316 e. The van der Waals surface area contributed by atoms with Gasteiger partial charge >= 0.3 is 0 Å². The van der Waals surface area contributed by atoms with Crippen LogP contribution in [0.25, 0.3) is 0 Å². The summed E-state index contributed by atoms with van der Waals surface area (Å²) in [5, 5.41) is 0. The molecule has 0 atom stereocenters. The quantitative estimate of drug-likeness (QED) is 0.740. The molecule has 0 aromatic carbocycles. The number of hydrogen-bond donors (Lipinski definition) is 0. The Kier molecular flexibility index (Phi) is 5.58. The minimum atomic E-state index is 0.803. The molecule has 78 valence electrons. The molecule has 1 aliphatic heterocycles. The van der Waals surface area contributed by atoms with Crippen molar-refractivity contribution in [2.24, 2.45) is 11.8 Å². The van der Waals surface area contributed by atoms with Gasteiger partial charge in [0.1, 0.15) is 23.0 Å². The van der Waals surface area contributed by atoms with Crippen LogP contribution in [-0.2, 0) is 3.07 Å². The topological polar surface area (TPSA) is 12.5 Å². The molecule has 1 heterocycles. The summed E-state index contributed by atoms with van der Waals surface area (Å²) in [5.41, 5.74) is 0. The first-order chi connectivity index (χ1) is 6.22. The van der Waals surface area contributed by atoms with Gasteiger partial charge < -0.3 is 7.97 Å². The zero-order valence-corrected chi connectivity index (χ0v) is 10.8. The van der Waals surface area contributed by atoms with Gasteiger partial charge in [0.25, 0.3) is 0 Å². The Bertz CT molecular complexity index is 133. The van der Waals surface area contributed by atoms with Crippen molar-refractivity contribution >= 4 is 23.0 Å². The van der Waals surface area contributed by atoms with Crippen molar-refractivity contribution in [2.75, 3.05) is 26.2 Å². The number of hydrogen-bond acceptors (Lipinski definition) is 2. The van der Waals surface area contributed by atoms with E-state index in [4.69, 9.17) is 3.07 Å². The van der Waals surface area contributed by atoms with E-state index in [1.54, 1.807) is 0 Å². The summed E-state index contributed by atoms with van der Waals surface area (Å²) in [7, 11) is 0. The van der Waals surface area contributed by atoms with E-state index in [2.05, 4.69) is 18.7 Å². The molecule has 0 saturated carbocycles. The number of piperidine rings is 1. The first-order valence-electron chi connectivity index (χ1n) is 5.18. The van der Waals surface area contributed by atoms with Gasteiger partial charge in [-0.3, -0.25) is 0 Å². The molecular weight excluding hydrogens is 277 g/mol. The first-order valence-corrected chi connectivity index (χ1v) is 6.06. The Morgan fingerprint density at radius 3 is 2.46 bits per heavy atom. The Labute approximate surface area is 95.7 Å². The van der Waals surface area contributed by atoms with Crippen LogP contribution in [0.1, 0.15) is 26.7 Å². The Hall–Kier alpha value is 0.650. The lowest BCUT2D eigenvalue weighted by Crippen LogP contribution is -2.37. The average molecular weight is 297 g/mol. The van der Waals surface area contributed by atoms with E-state index in [9.17, 15) is 0 Å². The molecule has 0 aliphatic carbocycles. The molecule has 0 aromatic rings. The predicted octanol–water partition coefficient (Wildman–Crippen LogP) is 2.72. The third kappa shape index (κ3) is 4.61. The van der Waals surface area contributed by atoms with Crippen molar-refractivity contribution in [1.29, 1.82) is 0 Å². The third-order valence-electron chi connectivity index (χ3n) is 2.63. The van der Waals surface area contributed by atoms with Crippen LogP contribution in [0.3, 0.4) is 0 Å². The molecule has 13 heavy (non-hydrogen) atoms. The maximum atomic E-state index is 5.15. The molecule has 0 spiro atoms. The Morgan fingerprint density at radius 2 is 2.00 bits per heavy atom. The van der Waals surface area contributed by atoms with Gasteiger partial charge in [-0.15, -0.1) is 0 Å². The van der Waals surface area contributed by atoms with Crippen LogP contribution >= 0.6 is 23.0 Å². The van der Waals surface area contributed by atoms with Crippen LogP contribution in [0, 0.1) is 11.8 Å². The van der Waals surface area contributed by atoms with Crippen LogP contribution in [0.15, 0.2) is 0 Å².